The van der Waals surface area contributed by atoms with Crippen LogP contribution in [0.5, 0.6) is 0 Å². The van der Waals surface area contributed by atoms with E-state index in [1.165, 1.54) is 12.8 Å². The summed E-state index contributed by atoms with van der Waals surface area (Å²) in [5.74, 6) is 0.827. The van der Waals surface area contributed by atoms with Gasteiger partial charge in [-0.25, -0.2) is 0 Å². The second-order valence-corrected chi connectivity index (χ2v) is 4.75. The van der Waals surface area contributed by atoms with E-state index < -0.39 is 0 Å². The predicted octanol–water partition coefficient (Wildman–Crippen LogP) is 3.42. The lowest BCUT2D eigenvalue weighted by molar-refractivity contribution is 0.407. The number of hydrogen-bond acceptors (Lipinski definition) is 1. The Hall–Kier alpha value is 0.250. The third-order valence-corrected chi connectivity index (χ3v) is 2.77. The van der Waals surface area contributed by atoms with Gasteiger partial charge in [0.05, 0.1) is 0 Å². The molecule has 0 amide bonds. The Labute approximate surface area is 88.2 Å². The highest BCUT2D eigenvalue weighted by Gasteiger charge is 2.08. The zero-order valence-electron chi connectivity index (χ0n) is 9.44. The SMILES string of the molecule is CCC(CC)CNC(C)CC(C)Cl. The molecule has 80 valence electrons. The Morgan fingerprint density at radius 3 is 2.08 bits per heavy atom. The molecule has 0 aromatic heterocycles. The van der Waals surface area contributed by atoms with Gasteiger partial charge in [-0.15, -0.1) is 11.6 Å². The van der Waals surface area contributed by atoms with Gasteiger partial charge in [0.25, 0.3) is 0 Å². The van der Waals surface area contributed by atoms with Crippen LogP contribution in [0.1, 0.15) is 47.0 Å². The molecule has 0 aromatic rings. The van der Waals surface area contributed by atoms with Gasteiger partial charge in [0.1, 0.15) is 0 Å². The first-order chi connectivity index (χ1) is 6.10. The molecule has 0 aliphatic carbocycles. The average molecular weight is 206 g/mol. The molecule has 0 rings (SSSR count). The van der Waals surface area contributed by atoms with E-state index in [-0.39, 0.29) is 5.38 Å². The number of rotatable bonds is 7. The van der Waals surface area contributed by atoms with Crippen LogP contribution < -0.4 is 5.32 Å². The van der Waals surface area contributed by atoms with Crippen molar-refractivity contribution in [2.75, 3.05) is 6.54 Å². The second-order valence-electron chi connectivity index (χ2n) is 4.01. The van der Waals surface area contributed by atoms with Crippen LogP contribution in [0.4, 0.5) is 0 Å². The maximum Gasteiger partial charge on any atom is 0.0322 e. The van der Waals surface area contributed by atoms with Gasteiger partial charge in [-0.3, -0.25) is 0 Å². The summed E-state index contributed by atoms with van der Waals surface area (Å²) >= 11 is 5.92. The Morgan fingerprint density at radius 2 is 1.69 bits per heavy atom. The van der Waals surface area contributed by atoms with Crippen molar-refractivity contribution >= 4 is 11.6 Å². The monoisotopic (exact) mass is 205 g/mol. The minimum absolute atomic E-state index is 0.282. The maximum atomic E-state index is 5.92. The first kappa shape index (κ1) is 13.2. The number of alkyl halides is 1. The smallest absolute Gasteiger partial charge is 0.0322 e. The summed E-state index contributed by atoms with van der Waals surface area (Å²) in [7, 11) is 0. The minimum Gasteiger partial charge on any atom is -0.314 e. The normalized spacial score (nSPS) is 16.2. The molecule has 0 spiro atoms. The first-order valence-corrected chi connectivity index (χ1v) is 5.91. The molecule has 2 heteroatoms. The number of nitrogens with one attached hydrogen (secondary N) is 1. The fraction of sp³-hybridized carbons (Fsp3) is 1.00. The molecule has 0 fully saturated rings. The van der Waals surface area contributed by atoms with Gasteiger partial charge in [0.2, 0.25) is 0 Å². The molecule has 0 saturated carbocycles. The molecule has 13 heavy (non-hydrogen) atoms. The second kappa shape index (κ2) is 7.64. The highest BCUT2D eigenvalue weighted by Crippen LogP contribution is 2.08. The van der Waals surface area contributed by atoms with E-state index in [0.29, 0.717) is 6.04 Å². The average Bonchev–Trinajstić information content (AvgIpc) is 2.05. The third kappa shape index (κ3) is 7.33. The van der Waals surface area contributed by atoms with Crippen molar-refractivity contribution < 1.29 is 0 Å². The maximum absolute atomic E-state index is 5.92. The lowest BCUT2D eigenvalue weighted by atomic mass is 10.0. The van der Waals surface area contributed by atoms with Gasteiger partial charge < -0.3 is 5.32 Å². The van der Waals surface area contributed by atoms with Crippen LogP contribution >= 0.6 is 11.6 Å². The molecule has 0 aliphatic rings. The molecular weight excluding hydrogens is 182 g/mol. The third-order valence-electron chi connectivity index (χ3n) is 2.59. The molecule has 2 unspecified atom stereocenters. The van der Waals surface area contributed by atoms with E-state index in [1.807, 2.05) is 0 Å². The minimum atomic E-state index is 0.282. The van der Waals surface area contributed by atoms with E-state index in [2.05, 4.69) is 33.0 Å². The molecule has 0 heterocycles. The first-order valence-electron chi connectivity index (χ1n) is 5.47. The fourth-order valence-electron chi connectivity index (χ4n) is 1.52. The molecule has 2 atom stereocenters. The zero-order valence-corrected chi connectivity index (χ0v) is 10.2. The van der Waals surface area contributed by atoms with Gasteiger partial charge in [-0.05, 0) is 32.7 Å². The molecule has 1 nitrogen and oxygen atoms in total. The molecular formula is C11H24ClN. The number of halogens is 1. The Bertz CT molecular complexity index is 111. The molecule has 1 N–H and O–H groups in total. The summed E-state index contributed by atoms with van der Waals surface area (Å²) in [6, 6.07) is 0.549. The lowest BCUT2D eigenvalue weighted by Gasteiger charge is -2.19. The van der Waals surface area contributed by atoms with Crippen molar-refractivity contribution in [3.63, 3.8) is 0 Å². The van der Waals surface area contributed by atoms with Crippen LogP contribution in [-0.2, 0) is 0 Å². The summed E-state index contributed by atoms with van der Waals surface area (Å²) in [4.78, 5) is 0. The van der Waals surface area contributed by atoms with Crippen molar-refractivity contribution in [3.8, 4) is 0 Å². The van der Waals surface area contributed by atoms with Crippen LogP contribution in [-0.4, -0.2) is 18.0 Å². The molecule has 0 aromatic carbocycles. The van der Waals surface area contributed by atoms with Crippen LogP contribution in [0.15, 0.2) is 0 Å². The van der Waals surface area contributed by atoms with Gasteiger partial charge in [0.15, 0.2) is 0 Å². The van der Waals surface area contributed by atoms with Crippen LogP contribution in [0.2, 0.25) is 0 Å². The summed E-state index contributed by atoms with van der Waals surface area (Å²) in [5, 5.41) is 3.81. The quantitative estimate of drug-likeness (QED) is 0.629. The van der Waals surface area contributed by atoms with Gasteiger partial charge in [-0.1, -0.05) is 26.7 Å². The predicted molar refractivity (Wildman–Crippen MR) is 61.5 cm³/mol. The van der Waals surface area contributed by atoms with Crippen LogP contribution in [0.3, 0.4) is 0 Å². The topological polar surface area (TPSA) is 12.0 Å². The van der Waals surface area contributed by atoms with E-state index in [9.17, 15) is 0 Å². The Balaban J connectivity index is 3.49. The van der Waals surface area contributed by atoms with Crippen LogP contribution in [0, 0.1) is 5.92 Å². The lowest BCUT2D eigenvalue weighted by Crippen LogP contribution is -2.32. The van der Waals surface area contributed by atoms with Gasteiger partial charge in [-0.2, -0.15) is 0 Å². The molecule has 0 bridgehead atoms. The molecule has 0 saturated heterocycles. The highest BCUT2D eigenvalue weighted by molar-refractivity contribution is 6.20. The zero-order chi connectivity index (χ0) is 10.3. The fourth-order valence-corrected chi connectivity index (χ4v) is 1.78. The van der Waals surface area contributed by atoms with Crippen molar-refractivity contribution in [1.82, 2.24) is 5.32 Å². The van der Waals surface area contributed by atoms with Crippen molar-refractivity contribution in [1.29, 1.82) is 0 Å². The van der Waals surface area contributed by atoms with Crippen molar-refractivity contribution in [2.24, 2.45) is 5.92 Å². The summed E-state index contributed by atoms with van der Waals surface area (Å²) < 4.78 is 0. The highest BCUT2D eigenvalue weighted by atomic mass is 35.5. The Kier molecular flexibility index (Phi) is 7.78. The summed E-state index contributed by atoms with van der Waals surface area (Å²) in [6.07, 6.45) is 3.60. The summed E-state index contributed by atoms with van der Waals surface area (Å²) in [5.41, 5.74) is 0. The van der Waals surface area contributed by atoms with E-state index in [0.717, 1.165) is 18.9 Å². The van der Waals surface area contributed by atoms with Gasteiger partial charge in [0, 0.05) is 11.4 Å². The standard InChI is InChI=1S/C11H24ClN/c1-5-11(6-2)8-13-10(4)7-9(3)12/h9-11,13H,5-8H2,1-4H3. The van der Waals surface area contributed by atoms with Crippen LogP contribution in [0.25, 0.3) is 0 Å². The van der Waals surface area contributed by atoms with Crippen molar-refractivity contribution in [3.05, 3.63) is 0 Å². The number of hydrogen-bond donors (Lipinski definition) is 1. The van der Waals surface area contributed by atoms with Crippen molar-refractivity contribution in [2.45, 2.75) is 58.4 Å². The van der Waals surface area contributed by atoms with E-state index >= 15 is 0 Å². The summed E-state index contributed by atoms with van der Waals surface area (Å²) in [6.45, 7) is 9.91. The largest absolute Gasteiger partial charge is 0.314 e. The van der Waals surface area contributed by atoms with Gasteiger partial charge >= 0.3 is 0 Å². The van der Waals surface area contributed by atoms with E-state index in [4.69, 9.17) is 11.6 Å². The Morgan fingerprint density at radius 1 is 1.15 bits per heavy atom. The van der Waals surface area contributed by atoms with E-state index in [1.54, 1.807) is 0 Å². The molecule has 0 radical (unpaired) electrons. The molecule has 0 aliphatic heterocycles.